The Morgan fingerprint density at radius 3 is 2.61 bits per heavy atom. The molecule has 2 aliphatic rings. The van der Waals surface area contributed by atoms with E-state index < -0.39 is 0 Å². The quantitative estimate of drug-likeness (QED) is 0.786. The van der Waals surface area contributed by atoms with Crippen molar-refractivity contribution >= 4 is 28.9 Å². The van der Waals surface area contributed by atoms with Gasteiger partial charge in [-0.1, -0.05) is 42.1 Å². The van der Waals surface area contributed by atoms with E-state index in [1.54, 1.807) is 0 Å². The maximum Gasteiger partial charge on any atom is 0.0823 e. The van der Waals surface area contributed by atoms with Crippen molar-refractivity contribution in [1.29, 1.82) is 0 Å². The fraction of sp³-hybridized carbons (Fsp3) is 0.600. The average molecular weight is 284 g/mol. The zero-order valence-corrected chi connectivity index (χ0v) is 12.0. The van der Waals surface area contributed by atoms with Gasteiger partial charge in [0.1, 0.15) is 0 Å². The van der Waals surface area contributed by atoms with Gasteiger partial charge in [0.05, 0.1) is 15.7 Å². The molecular formula is C15H19Cl2N. The molecule has 0 spiro atoms. The van der Waals surface area contributed by atoms with Crippen molar-refractivity contribution in [2.24, 2.45) is 11.8 Å². The zero-order chi connectivity index (χ0) is 12.5. The maximum atomic E-state index is 6.23. The zero-order valence-electron chi connectivity index (χ0n) is 10.5. The number of benzene rings is 1. The number of anilines is 1. The van der Waals surface area contributed by atoms with Crippen molar-refractivity contribution in [2.45, 2.75) is 44.6 Å². The highest BCUT2D eigenvalue weighted by atomic mass is 35.5. The van der Waals surface area contributed by atoms with Gasteiger partial charge in [-0.15, -0.1) is 0 Å². The Morgan fingerprint density at radius 2 is 1.83 bits per heavy atom. The summed E-state index contributed by atoms with van der Waals surface area (Å²) in [5.41, 5.74) is 0.991. The highest BCUT2D eigenvalue weighted by molar-refractivity contribution is 6.43. The van der Waals surface area contributed by atoms with E-state index in [0.717, 1.165) is 17.5 Å². The van der Waals surface area contributed by atoms with Crippen molar-refractivity contribution < 1.29 is 0 Å². The van der Waals surface area contributed by atoms with Crippen LogP contribution in [-0.4, -0.2) is 6.04 Å². The summed E-state index contributed by atoms with van der Waals surface area (Å²) >= 11 is 12.3. The Labute approximate surface area is 119 Å². The summed E-state index contributed by atoms with van der Waals surface area (Å²) < 4.78 is 0. The van der Waals surface area contributed by atoms with Gasteiger partial charge in [-0.05, 0) is 49.7 Å². The number of rotatable bonds is 3. The Kier molecular flexibility index (Phi) is 3.72. The largest absolute Gasteiger partial charge is 0.381 e. The average Bonchev–Trinajstić information content (AvgIpc) is 3.20. The molecular weight excluding hydrogens is 265 g/mol. The van der Waals surface area contributed by atoms with E-state index >= 15 is 0 Å². The first-order valence-corrected chi connectivity index (χ1v) is 7.70. The van der Waals surface area contributed by atoms with E-state index in [1.807, 2.05) is 18.2 Å². The van der Waals surface area contributed by atoms with Gasteiger partial charge in [-0.25, -0.2) is 0 Å². The van der Waals surface area contributed by atoms with Gasteiger partial charge in [-0.2, -0.15) is 0 Å². The van der Waals surface area contributed by atoms with Crippen LogP contribution < -0.4 is 5.32 Å². The van der Waals surface area contributed by atoms with Crippen LogP contribution in [0, 0.1) is 11.8 Å². The molecule has 0 bridgehead atoms. The van der Waals surface area contributed by atoms with Crippen molar-refractivity contribution in [1.82, 2.24) is 0 Å². The third-order valence-electron chi connectivity index (χ3n) is 4.31. The molecule has 1 N–H and O–H groups in total. The van der Waals surface area contributed by atoms with E-state index in [0.29, 0.717) is 16.1 Å². The van der Waals surface area contributed by atoms with E-state index in [2.05, 4.69) is 5.32 Å². The molecule has 18 heavy (non-hydrogen) atoms. The van der Waals surface area contributed by atoms with Crippen LogP contribution >= 0.6 is 23.2 Å². The standard InChI is InChI=1S/C15H19Cl2N/c16-13-5-2-6-14(15(13)17)18-12-4-1-3-11(9-12)10-7-8-10/h2,5-6,10-12,18H,1,3-4,7-9H2. The molecule has 2 aliphatic carbocycles. The highest BCUT2D eigenvalue weighted by Gasteiger charge is 2.34. The van der Waals surface area contributed by atoms with Crippen LogP contribution in [0.4, 0.5) is 5.69 Å². The molecule has 0 heterocycles. The van der Waals surface area contributed by atoms with Gasteiger partial charge in [0.25, 0.3) is 0 Å². The lowest BCUT2D eigenvalue weighted by molar-refractivity contribution is 0.303. The van der Waals surface area contributed by atoms with Gasteiger partial charge in [-0.3, -0.25) is 0 Å². The number of halogens is 2. The van der Waals surface area contributed by atoms with Crippen molar-refractivity contribution in [3.8, 4) is 0 Å². The van der Waals surface area contributed by atoms with Crippen LogP contribution in [0.15, 0.2) is 18.2 Å². The highest BCUT2D eigenvalue weighted by Crippen LogP contribution is 2.44. The molecule has 98 valence electrons. The van der Waals surface area contributed by atoms with Crippen molar-refractivity contribution in [2.75, 3.05) is 5.32 Å². The summed E-state index contributed by atoms with van der Waals surface area (Å²) in [6.07, 6.45) is 8.23. The summed E-state index contributed by atoms with van der Waals surface area (Å²) in [4.78, 5) is 0. The monoisotopic (exact) mass is 283 g/mol. The Balaban J connectivity index is 1.66. The fourth-order valence-electron chi connectivity index (χ4n) is 3.19. The minimum absolute atomic E-state index is 0.570. The van der Waals surface area contributed by atoms with Crippen LogP contribution in [0.3, 0.4) is 0 Å². The third kappa shape index (κ3) is 2.78. The van der Waals surface area contributed by atoms with Crippen molar-refractivity contribution in [3.05, 3.63) is 28.2 Å². The lowest BCUT2D eigenvalue weighted by Crippen LogP contribution is -2.28. The summed E-state index contributed by atoms with van der Waals surface area (Å²) in [5.74, 6) is 1.96. The lowest BCUT2D eigenvalue weighted by Gasteiger charge is -2.30. The molecule has 2 saturated carbocycles. The smallest absolute Gasteiger partial charge is 0.0823 e. The summed E-state index contributed by atoms with van der Waals surface area (Å²) in [6, 6.07) is 6.38. The molecule has 0 aromatic heterocycles. The molecule has 3 rings (SSSR count). The molecule has 1 aromatic carbocycles. The van der Waals surface area contributed by atoms with Gasteiger partial charge in [0, 0.05) is 6.04 Å². The molecule has 1 aromatic rings. The van der Waals surface area contributed by atoms with Crippen LogP contribution in [0.5, 0.6) is 0 Å². The van der Waals surface area contributed by atoms with E-state index in [9.17, 15) is 0 Å². The molecule has 2 atom stereocenters. The first-order chi connectivity index (χ1) is 8.74. The first kappa shape index (κ1) is 12.6. The van der Waals surface area contributed by atoms with Gasteiger partial charge in [0.15, 0.2) is 0 Å². The second-order valence-corrected chi connectivity index (χ2v) is 6.49. The minimum Gasteiger partial charge on any atom is -0.381 e. The number of hydrogen-bond acceptors (Lipinski definition) is 1. The van der Waals surface area contributed by atoms with Gasteiger partial charge in [0.2, 0.25) is 0 Å². The van der Waals surface area contributed by atoms with E-state index in [1.165, 1.54) is 38.5 Å². The Morgan fingerprint density at radius 1 is 1.00 bits per heavy atom. The Bertz CT molecular complexity index is 429. The van der Waals surface area contributed by atoms with Crippen LogP contribution in [-0.2, 0) is 0 Å². The predicted molar refractivity (Wildman–Crippen MR) is 78.6 cm³/mol. The predicted octanol–water partition coefficient (Wildman–Crippen LogP) is 5.37. The third-order valence-corrected chi connectivity index (χ3v) is 5.13. The molecule has 0 aliphatic heterocycles. The topological polar surface area (TPSA) is 12.0 Å². The molecule has 1 nitrogen and oxygen atoms in total. The molecule has 0 radical (unpaired) electrons. The molecule has 2 fully saturated rings. The van der Waals surface area contributed by atoms with Gasteiger partial charge >= 0.3 is 0 Å². The van der Waals surface area contributed by atoms with Crippen molar-refractivity contribution in [3.63, 3.8) is 0 Å². The number of nitrogens with one attached hydrogen (secondary N) is 1. The summed E-state index contributed by atoms with van der Waals surface area (Å²) in [6.45, 7) is 0. The molecule has 3 heteroatoms. The summed E-state index contributed by atoms with van der Waals surface area (Å²) in [5, 5.41) is 4.88. The summed E-state index contributed by atoms with van der Waals surface area (Å²) in [7, 11) is 0. The first-order valence-electron chi connectivity index (χ1n) is 6.94. The number of hydrogen-bond donors (Lipinski definition) is 1. The second kappa shape index (κ2) is 5.30. The minimum atomic E-state index is 0.570. The van der Waals surface area contributed by atoms with E-state index in [4.69, 9.17) is 23.2 Å². The SMILES string of the molecule is Clc1cccc(NC2CCCC(C3CC3)C2)c1Cl. The molecule has 0 saturated heterocycles. The normalized spacial score (nSPS) is 28.1. The van der Waals surface area contributed by atoms with E-state index in [-0.39, 0.29) is 0 Å². The van der Waals surface area contributed by atoms with Crippen LogP contribution in [0.2, 0.25) is 10.0 Å². The Hall–Kier alpha value is -0.400. The fourth-order valence-corrected chi connectivity index (χ4v) is 3.54. The van der Waals surface area contributed by atoms with Crippen LogP contribution in [0.25, 0.3) is 0 Å². The maximum absolute atomic E-state index is 6.23. The van der Waals surface area contributed by atoms with Crippen LogP contribution in [0.1, 0.15) is 38.5 Å². The lowest BCUT2D eigenvalue weighted by atomic mass is 9.82. The molecule has 0 amide bonds. The van der Waals surface area contributed by atoms with Gasteiger partial charge < -0.3 is 5.32 Å². The molecule has 2 unspecified atom stereocenters. The second-order valence-electron chi connectivity index (χ2n) is 5.71.